The smallest absolute Gasteiger partial charge is 0.313 e. The minimum absolute atomic E-state index is 0.0872. The second-order valence-corrected chi connectivity index (χ2v) is 7.87. The van der Waals surface area contributed by atoms with Gasteiger partial charge in [-0.2, -0.15) is 0 Å². The molecule has 4 nitrogen and oxygen atoms in total. The molecule has 22 heavy (non-hydrogen) atoms. The van der Waals surface area contributed by atoms with Gasteiger partial charge in [-0.15, -0.1) is 11.8 Å². The summed E-state index contributed by atoms with van der Waals surface area (Å²) in [6.07, 6.45) is 12.6. The van der Waals surface area contributed by atoms with Crippen LogP contribution < -0.4 is 0 Å². The highest BCUT2D eigenvalue weighted by molar-refractivity contribution is 7.99. The highest BCUT2D eigenvalue weighted by atomic mass is 32.2. The fraction of sp³-hybridized carbons (Fsp3) is 0.941. The molecule has 2 rings (SSSR count). The van der Waals surface area contributed by atoms with Gasteiger partial charge in [-0.25, -0.2) is 0 Å². The van der Waals surface area contributed by atoms with E-state index in [0.717, 1.165) is 6.54 Å². The van der Waals surface area contributed by atoms with E-state index in [2.05, 4.69) is 4.90 Å². The van der Waals surface area contributed by atoms with E-state index in [4.69, 9.17) is 5.11 Å². The number of nitrogens with zero attached hydrogens (tertiary/aromatic N) is 1. The summed E-state index contributed by atoms with van der Waals surface area (Å²) in [4.78, 5) is 13.2. The Morgan fingerprint density at radius 2 is 1.50 bits per heavy atom. The molecule has 0 aromatic rings. The molecule has 0 bridgehead atoms. The molecule has 0 heterocycles. The van der Waals surface area contributed by atoms with Crippen molar-refractivity contribution in [2.75, 3.05) is 18.1 Å². The highest BCUT2D eigenvalue weighted by Crippen LogP contribution is 2.30. The summed E-state index contributed by atoms with van der Waals surface area (Å²) < 4.78 is 0. The molecular formula is C17H31NO3S. The summed E-state index contributed by atoms with van der Waals surface area (Å²) in [6, 6.07) is 1.27. The molecule has 0 aromatic heterocycles. The van der Waals surface area contributed by atoms with Crippen LogP contribution in [0.5, 0.6) is 0 Å². The van der Waals surface area contributed by atoms with Gasteiger partial charge in [0.25, 0.3) is 0 Å². The van der Waals surface area contributed by atoms with Gasteiger partial charge >= 0.3 is 5.97 Å². The van der Waals surface area contributed by atoms with Crippen molar-refractivity contribution in [1.29, 1.82) is 0 Å². The Hall–Kier alpha value is -0.260. The Kier molecular flexibility index (Phi) is 8.04. The number of rotatable bonds is 8. The number of hydrogen-bond acceptors (Lipinski definition) is 4. The van der Waals surface area contributed by atoms with Crippen LogP contribution in [-0.2, 0) is 4.79 Å². The zero-order valence-corrected chi connectivity index (χ0v) is 14.4. The van der Waals surface area contributed by atoms with Crippen LogP contribution in [-0.4, -0.2) is 57.3 Å². The van der Waals surface area contributed by atoms with Crippen molar-refractivity contribution < 1.29 is 15.0 Å². The zero-order valence-electron chi connectivity index (χ0n) is 13.6. The average Bonchev–Trinajstić information content (AvgIpc) is 2.54. The molecule has 0 saturated heterocycles. The molecule has 1 atom stereocenters. The quantitative estimate of drug-likeness (QED) is 0.716. The summed E-state index contributed by atoms with van der Waals surface area (Å²) in [7, 11) is 0. The van der Waals surface area contributed by atoms with Gasteiger partial charge in [-0.1, -0.05) is 38.5 Å². The average molecular weight is 330 g/mol. The summed E-state index contributed by atoms with van der Waals surface area (Å²) in [6.45, 7) is 0.724. The first-order valence-electron chi connectivity index (χ1n) is 8.90. The van der Waals surface area contributed by atoms with Crippen molar-refractivity contribution in [2.24, 2.45) is 0 Å². The number of carbonyl (C=O) groups is 1. The molecule has 2 fully saturated rings. The van der Waals surface area contributed by atoms with Crippen molar-refractivity contribution in [3.8, 4) is 0 Å². The molecule has 0 radical (unpaired) electrons. The van der Waals surface area contributed by atoms with Crippen LogP contribution in [0.15, 0.2) is 0 Å². The van der Waals surface area contributed by atoms with Crippen molar-refractivity contribution in [3.05, 3.63) is 0 Å². The number of aliphatic hydroxyl groups excluding tert-OH is 1. The van der Waals surface area contributed by atoms with E-state index >= 15 is 0 Å². The maximum Gasteiger partial charge on any atom is 0.313 e. The first kappa shape index (κ1) is 18.1. The number of aliphatic hydroxyl groups is 1. The van der Waals surface area contributed by atoms with Gasteiger partial charge in [0, 0.05) is 24.4 Å². The van der Waals surface area contributed by atoms with Gasteiger partial charge in [0.1, 0.15) is 0 Å². The predicted octanol–water partition coefficient (Wildman–Crippen LogP) is 3.13. The molecule has 128 valence electrons. The number of aliphatic carboxylic acids is 1. The van der Waals surface area contributed by atoms with Gasteiger partial charge < -0.3 is 10.2 Å². The SMILES string of the molecule is O=C(O)CSCC(O)CN(C1CCCCC1)C1CCCCC1. The number of thioether (sulfide) groups is 1. The third-order valence-electron chi connectivity index (χ3n) is 5.04. The van der Waals surface area contributed by atoms with Gasteiger partial charge in [0.2, 0.25) is 0 Å². The summed E-state index contributed by atoms with van der Waals surface area (Å²) in [5, 5.41) is 19.0. The Bertz CT molecular complexity index is 310. The first-order valence-corrected chi connectivity index (χ1v) is 10.1. The zero-order chi connectivity index (χ0) is 15.8. The Labute approximate surface area is 138 Å². The molecule has 0 spiro atoms. The maximum absolute atomic E-state index is 10.6. The van der Waals surface area contributed by atoms with Crippen LogP contribution >= 0.6 is 11.8 Å². The third kappa shape index (κ3) is 6.09. The van der Waals surface area contributed by atoms with E-state index in [0.29, 0.717) is 17.8 Å². The van der Waals surface area contributed by atoms with Gasteiger partial charge in [0.15, 0.2) is 0 Å². The minimum atomic E-state index is -0.798. The van der Waals surface area contributed by atoms with Crippen LogP contribution in [0.4, 0.5) is 0 Å². The van der Waals surface area contributed by atoms with Crippen LogP contribution in [0.3, 0.4) is 0 Å². The molecule has 2 aliphatic rings. The van der Waals surface area contributed by atoms with E-state index in [-0.39, 0.29) is 5.75 Å². The first-order chi connectivity index (χ1) is 10.7. The molecule has 1 unspecified atom stereocenters. The van der Waals surface area contributed by atoms with Gasteiger partial charge in [-0.05, 0) is 25.7 Å². The Morgan fingerprint density at radius 1 is 1.00 bits per heavy atom. The lowest BCUT2D eigenvalue weighted by molar-refractivity contribution is -0.133. The molecule has 2 saturated carbocycles. The lowest BCUT2D eigenvalue weighted by Crippen LogP contribution is -2.49. The Balaban J connectivity index is 1.86. The van der Waals surface area contributed by atoms with E-state index in [9.17, 15) is 9.90 Å². The summed E-state index contributed by atoms with van der Waals surface area (Å²) in [5.41, 5.74) is 0. The van der Waals surface area contributed by atoms with Crippen molar-refractivity contribution >= 4 is 17.7 Å². The maximum atomic E-state index is 10.6. The van der Waals surface area contributed by atoms with Crippen molar-refractivity contribution in [2.45, 2.75) is 82.4 Å². The third-order valence-corrected chi connectivity index (χ3v) is 6.12. The van der Waals surface area contributed by atoms with Crippen molar-refractivity contribution in [3.63, 3.8) is 0 Å². The number of carboxylic acids is 1. The van der Waals surface area contributed by atoms with Gasteiger partial charge in [0.05, 0.1) is 11.9 Å². The van der Waals surface area contributed by atoms with Gasteiger partial charge in [-0.3, -0.25) is 9.69 Å². The van der Waals surface area contributed by atoms with E-state index in [1.165, 1.54) is 76.0 Å². The van der Waals surface area contributed by atoms with Crippen LogP contribution in [0.2, 0.25) is 0 Å². The largest absolute Gasteiger partial charge is 0.481 e. The topological polar surface area (TPSA) is 60.8 Å². The predicted molar refractivity (Wildman–Crippen MR) is 91.4 cm³/mol. The molecule has 0 amide bonds. The molecule has 5 heteroatoms. The lowest BCUT2D eigenvalue weighted by Gasteiger charge is -2.42. The standard InChI is InChI=1S/C17H31NO3S/c19-16(12-22-13-17(20)21)11-18(14-7-3-1-4-8-14)15-9-5-2-6-10-15/h14-16,19H,1-13H2,(H,20,21). The molecule has 0 aromatic carbocycles. The van der Waals surface area contributed by atoms with E-state index < -0.39 is 12.1 Å². The second kappa shape index (κ2) is 9.78. The monoisotopic (exact) mass is 329 g/mol. The lowest BCUT2D eigenvalue weighted by atomic mass is 9.88. The van der Waals surface area contributed by atoms with E-state index in [1.807, 2.05) is 0 Å². The Morgan fingerprint density at radius 3 is 1.95 bits per heavy atom. The fourth-order valence-electron chi connectivity index (χ4n) is 4.00. The van der Waals surface area contributed by atoms with Crippen LogP contribution in [0.25, 0.3) is 0 Å². The molecular weight excluding hydrogens is 298 g/mol. The number of carboxylic acid groups (broad SMARTS) is 1. The normalized spacial score (nSPS) is 22.8. The summed E-state index contributed by atoms with van der Waals surface area (Å²) in [5.74, 6) is -0.180. The molecule has 2 N–H and O–H groups in total. The fourth-order valence-corrected chi connectivity index (χ4v) is 4.67. The van der Waals surface area contributed by atoms with E-state index in [1.54, 1.807) is 0 Å². The van der Waals surface area contributed by atoms with Crippen LogP contribution in [0, 0.1) is 0 Å². The minimum Gasteiger partial charge on any atom is -0.481 e. The highest BCUT2D eigenvalue weighted by Gasteiger charge is 2.30. The molecule has 2 aliphatic carbocycles. The van der Waals surface area contributed by atoms with Crippen LogP contribution in [0.1, 0.15) is 64.2 Å². The number of hydrogen-bond donors (Lipinski definition) is 2. The second-order valence-electron chi connectivity index (χ2n) is 6.84. The summed E-state index contributed by atoms with van der Waals surface area (Å²) >= 11 is 1.33. The molecule has 0 aliphatic heterocycles. The van der Waals surface area contributed by atoms with Crippen molar-refractivity contribution in [1.82, 2.24) is 4.90 Å².